The second-order valence-corrected chi connectivity index (χ2v) is 8.17. The van der Waals surface area contributed by atoms with Crippen LogP contribution in [0, 0.1) is 33.3 Å². The Balaban J connectivity index is 2.18. The van der Waals surface area contributed by atoms with E-state index in [-0.39, 0.29) is 16.2 Å². The number of aliphatic imine (C=N–C) groups is 1. The van der Waals surface area contributed by atoms with E-state index >= 15 is 0 Å². The minimum atomic E-state index is -0.693. The summed E-state index contributed by atoms with van der Waals surface area (Å²) in [6.07, 6.45) is 2.98. The minimum absolute atomic E-state index is 0.0481. The van der Waals surface area contributed by atoms with Gasteiger partial charge in [0.05, 0.1) is 21.4 Å². The van der Waals surface area contributed by atoms with Crippen molar-refractivity contribution in [1.29, 1.82) is 5.26 Å². The van der Waals surface area contributed by atoms with E-state index in [0.29, 0.717) is 35.4 Å². The lowest BCUT2D eigenvalue weighted by molar-refractivity contribution is -0.386. The first-order chi connectivity index (χ1) is 13.3. The molecule has 0 radical (unpaired) electrons. The van der Waals surface area contributed by atoms with E-state index in [0.717, 1.165) is 12.8 Å². The molecule has 1 N–H and O–H groups in total. The Morgan fingerprint density at radius 2 is 2.14 bits per heavy atom. The third kappa shape index (κ3) is 3.47. The normalized spacial score (nSPS) is 24.4. The maximum absolute atomic E-state index is 13.0. The van der Waals surface area contributed by atoms with Crippen LogP contribution >= 0.6 is 15.9 Å². The Morgan fingerprint density at radius 3 is 2.75 bits per heavy atom. The molecule has 0 saturated carbocycles. The first-order valence-corrected chi connectivity index (χ1v) is 9.95. The van der Waals surface area contributed by atoms with Gasteiger partial charge in [0.25, 0.3) is 0 Å². The zero-order valence-electron chi connectivity index (χ0n) is 15.6. The summed E-state index contributed by atoms with van der Waals surface area (Å²) < 4.78 is 0.155. The number of nitro benzene ring substituents is 1. The van der Waals surface area contributed by atoms with Crippen LogP contribution < -0.4 is 0 Å². The van der Waals surface area contributed by atoms with E-state index in [9.17, 15) is 25.3 Å². The van der Waals surface area contributed by atoms with Crippen LogP contribution in [0.25, 0.3) is 0 Å². The second-order valence-electron chi connectivity index (χ2n) is 7.31. The highest BCUT2D eigenvalue weighted by atomic mass is 79.9. The number of hydrogen-bond donors (Lipinski definition) is 1. The van der Waals surface area contributed by atoms with E-state index in [1.165, 1.54) is 6.07 Å². The first kappa shape index (κ1) is 20.2. The number of benzene rings is 1. The summed E-state index contributed by atoms with van der Waals surface area (Å²) in [6, 6.07) is 5.01. The Morgan fingerprint density at radius 1 is 1.43 bits per heavy atom. The molecule has 8 heteroatoms. The number of phenols is 1. The molecule has 3 atom stereocenters. The predicted molar refractivity (Wildman–Crippen MR) is 107 cm³/mol. The van der Waals surface area contributed by atoms with Crippen molar-refractivity contribution in [2.45, 2.75) is 45.4 Å². The van der Waals surface area contributed by atoms with Crippen molar-refractivity contribution in [3.05, 3.63) is 43.6 Å². The van der Waals surface area contributed by atoms with Gasteiger partial charge in [0, 0.05) is 35.4 Å². The van der Waals surface area contributed by atoms with Gasteiger partial charge in [-0.25, -0.2) is 0 Å². The van der Waals surface area contributed by atoms with Gasteiger partial charge in [-0.15, -0.1) is 0 Å². The molecule has 0 spiro atoms. The highest BCUT2D eigenvalue weighted by Crippen LogP contribution is 2.47. The fourth-order valence-electron chi connectivity index (χ4n) is 4.20. The number of carbonyl (C=O) groups is 1. The zero-order chi connectivity index (χ0) is 20.6. The third-order valence-electron chi connectivity index (χ3n) is 5.43. The van der Waals surface area contributed by atoms with E-state index in [1.54, 1.807) is 13.0 Å². The van der Waals surface area contributed by atoms with Gasteiger partial charge in [-0.3, -0.25) is 19.9 Å². The molecule has 0 amide bonds. The van der Waals surface area contributed by atoms with Crippen molar-refractivity contribution >= 4 is 33.1 Å². The van der Waals surface area contributed by atoms with Crippen LogP contribution in [0.2, 0.25) is 0 Å². The first-order valence-electron chi connectivity index (χ1n) is 9.16. The van der Waals surface area contributed by atoms with Crippen LogP contribution in [0.4, 0.5) is 5.69 Å². The molecule has 0 saturated heterocycles. The van der Waals surface area contributed by atoms with Crippen molar-refractivity contribution in [3.63, 3.8) is 0 Å². The second kappa shape index (κ2) is 7.84. The standard InChI is InChI=1S/C20H20BrN3O4/c1-3-4-11-5-15-19(17(25)6-11)18(13(9-22)10(2)23-15)12-7-14(21)20(26)16(8-12)24(27)28/h7-8,11,13,18,26H,3-6H2,1-2H3. The van der Waals surface area contributed by atoms with E-state index < -0.39 is 28.2 Å². The van der Waals surface area contributed by atoms with Gasteiger partial charge in [0.15, 0.2) is 5.78 Å². The maximum Gasteiger partial charge on any atom is 0.312 e. The number of aromatic hydroxyl groups is 1. The fourth-order valence-corrected chi connectivity index (χ4v) is 4.67. The Hall–Kier alpha value is -2.53. The van der Waals surface area contributed by atoms with Crippen LogP contribution in [0.5, 0.6) is 5.75 Å². The van der Waals surface area contributed by atoms with Crippen molar-refractivity contribution in [3.8, 4) is 11.8 Å². The van der Waals surface area contributed by atoms with Gasteiger partial charge in [0.1, 0.15) is 0 Å². The molecule has 1 aromatic rings. The molecule has 2 aliphatic rings. The minimum Gasteiger partial charge on any atom is -0.501 e. The Labute approximate surface area is 171 Å². The van der Waals surface area contributed by atoms with E-state index in [2.05, 4.69) is 33.9 Å². The quantitative estimate of drug-likeness (QED) is 0.527. The van der Waals surface area contributed by atoms with Crippen molar-refractivity contribution in [2.75, 3.05) is 0 Å². The zero-order valence-corrected chi connectivity index (χ0v) is 17.2. The van der Waals surface area contributed by atoms with Gasteiger partial charge >= 0.3 is 5.69 Å². The molecule has 146 valence electrons. The maximum atomic E-state index is 13.0. The number of ketones is 1. The molecule has 0 aromatic heterocycles. The third-order valence-corrected chi connectivity index (χ3v) is 6.04. The van der Waals surface area contributed by atoms with Crippen LogP contribution in [0.15, 0.2) is 32.9 Å². The summed E-state index contributed by atoms with van der Waals surface area (Å²) in [5, 5.41) is 31.1. The topological polar surface area (TPSA) is 117 Å². The Kier molecular flexibility index (Phi) is 5.66. The summed E-state index contributed by atoms with van der Waals surface area (Å²) in [5.74, 6) is -1.62. The summed E-state index contributed by atoms with van der Waals surface area (Å²) >= 11 is 3.15. The van der Waals surface area contributed by atoms with Crippen LogP contribution in [0.1, 0.15) is 51.0 Å². The van der Waals surface area contributed by atoms with Gasteiger partial charge < -0.3 is 5.11 Å². The predicted octanol–water partition coefficient (Wildman–Crippen LogP) is 4.79. The van der Waals surface area contributed by atoms with E-state index in [1.807, 2.05) is 0 Å². The van der Waals surface area contributed by atoms with Crippen molar-refractivity contribution in [2.24, 2.45) is 16.8 Å². The lowest BCUT2D eigenvalue weighted by Gasteiger charge is -2.35. The summed E-state index contributed by atoms with van der Waals surface area (Å²) in [5.41, 5.74) is 1.76. The Bertz CT molecular complexity index is 961. The number of halogens is 1. The number of nitro groups is 1. The molecule has 0 fully saturated rings. The van der Waals surface area contributed by atoms with Crippen molar-refractivity contribution in [1.82, 2.24) is 0 Å². The largest absolute Gasteiger partial charge is 0.501 e. The molecule has 28 heavy (non-hydrogen) atoms. The average Bonchev–Trinajstić information content (AvgIpc) is 2.62. The smallest absolute Gasteiger partial charge is 0.312 e. The van der Waals surface area contributed by atoms with Gasteiger partial charge in [0.2, 0.25) is 5.75 Å². The molecular formula is C20H20BrN3O4. The molecule has 1 aliphatic carbocycles. The highest BCUT2D eigenvalue weighted by molar-refractivity contribution is 9.10. The van der Waals surface area contributed by atoms with Gasteiger partial charge in [-0.05, 0) is 53.2 Å². The number of Topliss-reactive ketones (excluding diaryl/α,β-unsaturated/α-hetero) is 1. The molecule has 1 aromatic carbocycles. The monoisotopic (exact) mass is 445 g/mol. The number of allylic oxidation sites excluding steroid dienone is 2. The molecule has 3 rings (SSSR count). The molecule has 1 heterocycles. The molecule has 1 aliphatic heterocycles. The molecular weight excluding hydrogens is 426 g/mol. The van der Waals surface area contributed by atoms with Crippen LogP contribution in [-0.4, -0.2) is 21.5 Å². The van der Waals surface area contributed by atoms with E-state index in [4.69, 9.17) is 0 Å². The number of rotatable bonds is 4. The SMILES string of the molecule is CCCC1CC(=O)C2=C(C1)N=C(C)C(C#N)C2c1cc(Br)c(O)c([N+](=O)[O-])c1. The highest BCUT2D eigenvalue weighted by Gasteiger charge is 2.41. The lowest BCUT2D eigenvalue weighted by Crippen LogP contribution is -2.32. The van der Waals surface area contributed by atoms with Gasteiger partial charge in [-0.2, -0.15) is 5.26 Å². The lowest BCUT2D eigenvalue weighted by atomic mass is 9.70. The number of hydrogen-bond acceptors (Lipinski definition) is 6. The number of carbonyl (C=O) groups excluding carboxylic acids is 1. The fraction of sp³-hybridized carbons (Fsp3) is 0.450. The number of nitriles is 1. The summed E-state index contributed by atoms with van der Waals surface area (Å²) in [4.78, 5) is 28.2. The van der Waals surface area contributed by atoms with Gasteiger partial charge in [-0.1, -0.05) is 13.3 Å². The molecule has 0 bridgehead atoms. The molecule has 7 nitrogen and oxygen atoms in total. The van der Waals surface area contributed by atoms with Crippen molar-refractivity contribution < 1.29 is 14.8 Å². The number of nitrogens with zero attached hydrogens (tertiary/aromatic N) is 3. The molecule has 3 unspecified atom stereocenters. The average molecular weight is 446 g/mol. The number of phenolic OH excluding ortho intramolecular Hbond substituents is 1. The summed E-state index contributed by atoms with van der Waals surface area (Å²) in [7, 11) is 0. The summed E-state index contributed by atoms with van der Waals surface area (Å²) in [6.45, 7) is 3.83. The van der Waals surface area contributed by atoms with Crippen LogP contribution in [0.3, 0.4) is 0 Å². The van der Waals surface area contributed by atoms with Crippen LogP contribution in [-0.2, 0) is 4.79 Å².